The second-order valence-corrected chi connectivity index (χ2v) is 5.28. The summed E-state index contributed by atoms with van der Waals surface area (Å²) < 4.78 is 1.09. The van der Waals surface area contributed by atoms with E-state index in [1.54, 1.807) is 7.05 Å². The normalized spacial score (nSPS) is 10.2. The van der Waals surface area contributed by atoms with Gasteiger partial charge in [0.1, 0.15) is 0 Å². The summed E-state index contributed by atoms with van der Waals surface area (Å²) >= 11 is 3.43. The highest BCUT2D eigenvalue weighted by Gasteiger charge is 2.08. The van der Waals surface area contributed by atoms with Crippen molar-refractivity contribution in [1.29, 1.82) is 0 Å². The molecule has 2 aromatic carbocycles. The largest absolute Gasteiger partial charge is 0.355 e. The van der Waals surface area contributed by atoms with Crippen LogP contribution in [0.15, 0.2) is 53.0 Å². The summed E-state index contributed by atoms with van der Waals surface area (Å²) in [6.45, 7) is 0. The Morgan fingerprint density at radius 3 is 2.42 bits per heavy atom. The minimum atomic E-state index is -0.0218. The van der Waals surface area contributed by atoms with Crippen LogP contribution in [0.1, 0.15) is 21.5 Å². The molecule has 0 saturated carbocycles. The SMILES string of the molecule is CNC(=O)c1ccccc1CCc1ccc(Br)cc1. The molecule has 0 aliphatic heterocycles. The van der Waals surface area contributed by atoms with Crippen molar-refractivity contribution in [2.75, 3.05) is 7.05 Å². The predicted molar refractivity (Wildman–Crippen MR) is 81.4 cm³/mol. The third-order valence-electron chi connectivity index (χ3n) is 3.09. The van der Waals surface area contributed by atoms with Gasteiger partial charge in [0.15, 0.2) is 0 Å². The molecular formula is C16H16BrNO. The number of hydrogen-bond donors (Lipinski definition) is 1. The van der Waals surface area contributed by atoms with E-state index in [-0.39, 0.29) is 5.91 Å². The lowest BCUT2D eigenvalue weighted by molar-refractivity contribution is 0.0962. The average Bonchev–Trinajstić information content (AvgIpc) is 2.46. The maximum absolute atomic E-state index is 11.8. The van der Waals surface area contributed by atoms with Gasteiger partial charge in [0.2, 0.25) is 0 Å². The average molecular weight is 318 g/mol. The summed E-state index contributed by atoms with van der Waals surface area (Å²) in [5.74, 6) is -0.0218. The molecule has 0 aliphatic rings. The van der Waals surface area contributed by atoms with Gasteiger partial charge in [-0.05, 0) is 42.2 Å². The Kier molecular flexibility index (Phi) is 4.74. The molecule has 1 amide bonds. The van der Waals surface area contributed by atoms with Crippen LogP contribution in [-0.4, -0.2) is 13.0 Å². The Labute approximate surface area is 122 Å². The Morgan fingerprint density at radius 2 is 1.74 bits per heavy atom. The van der Waals surface area contributed by atoms with Crippen LogP contribution in [0.2, 0.25) is 0 Å². The van der Waals surface area contributed by atoms with E-state index in [1.165, 1.54) is 5.56 Å². The fraction of sp³-hybridized carbons (Fsp3) is 0.188. The van der Waals surface area contributed by atoms with Gasteiger partial charge in [0, 0.05) is 17.1 Å². The van der Waals surface area contributed by atoms with Gasteiger partial charge in [-0.3, -0.25) is 4.79 Å². The fourth-order valence-electron chi connectivity index (χ4n) is 2.02. The Hall–Kier alpha value is -1.61. The maximum atomic E-state index is 11.8. The van der Waals surface area contributed by atoms with E-state index >= 15 is 0 Å². The number of amides is 1. The summed E-state index contributed by atoms with van der Waals surface area (Å²) in [7, 11) is 1.66. The number of benzene rings is 2. The molecule has 0 heterocycles. The molecule has 0 saturated heterocycles. The maximum Gasteiger partial charge on any atom is 0.251 e. The van der Waals surface area contributed by atoms with Crippen LogP contribution in [0.3, 0.4) is 0 Å². The molecule has 1 N–H and O–H groups in total. The van der Waals surface area contributed by atoms with E-state index < -0.39 is 0 Å². The highest BCUT2D eigenvalue weighted by atomic mass is 79.9. The second kappa shape index (κ2) is 6.53. The third kappa shape index (κ3) is 3.67. The van der Waals surface area contributed by atoms with Crippen molar-refractivity contribution in [3.05, 3.63) is 69.7 Å². The first-order valence-corrected chi connectivity index (χ1v) is 7.04. The van der Waals surface area contributed by atoms with E-state index in [1.807, 2.05) is 36.4 Å². The molecule has 0 unspecified atom stereocenters. The van der Waals surface area contributed by atoms with Crippen molar-refractivity contribution in [3.63, 3.8) is 0 Å². The molecule has 2 aromatic rings. The lowest BCUT2D eigenvalue weighted by Crippen LogP contribution is -2.19. The summed E-state index contributed by atoms with van der Waals surface area (Å²) in [6.07, 6.45) is 1.80. The molecule has 0 aromatic heterocycles. The lowest BCUT2D eigenvalue weighted by atomic mass is 9.99. The third-order valence-corrected chi connectivity index (χ3v) is 3.61. The number of carbonyl (C=O) groups excluding carboxylic acids is 1. The van der Waals surface area contributed by atoms with Gasteiger partial charge in [-0.2, -0.15) is 0 Å². The summed E-state index contributed by atoms with van der Waals surface area (Å²) in [5, 5.41) is 2.68. The van der Waals surface area contributed by atoms with Gasteiger partial charge in [0.25, 0.3) is 5.91 Å². The van der Waals surface area contributed by atoms with Crippen molar-refractivity contribution in [1.82, 2.24) is 5.32 Å². The molecule has 0 radical (unpaired) electrons. The van der Waals surface area contributed by atoms with Crippen molar-refractivity contribution in [3.8, 4) is 0 Å². The first kappa shape index (κ1) is 13.8. The van der Waals surface area contributed by atoms with Gasteiger partial charge >= 0.3 is 0 Å². The lowest BCUT2D eigenvalue weighted by Gasteiger charge is -2.08. The quantitative estimate of drug-likeness (QED) is 0.917. The topological polar surface area (TPSA) is 29.1 Å². The molecule has 0 atom stereocenters. The number of rotatable bonds is 4. The highest BCUT2D eigenvalue weighted by molar-refractivity contribution is 9.10. The minimum absolute atomic E-state index is 0.0218. The van der Waals surface area contributed by atoms with Gasteiger partial charge in [-0.15, -0.1) is 0 Å². The number of nitrogens with one attached hydrogen (secondary N) is 1. The summed E-state index contributed by atoms with van der Waals surface area (Å²) in [5.41, 5.74) is 3.13. The molecule has 0 fully saturated rings. The number of aryl methyl sites for hydroxylation is 2. The zero-order chi connectivity index (χ0) is 13.7. The summed E-state index contributed by atoms with van der Waals surface area (Å²) in [4.78, 5) is 11.8. The molecule has 2 nitrogen and oxygen atoms in total. The fourth-order valence-corrected chi connectivity index (χ4v) is 2.29. The van der Waals surface area contributed by atoms with Crippen molar-refractivity contribution < 1.29 is 4.79 Å². The van der Waals surface area contributed by atoms with Crippen LogP contribution in [0.25, 0.3) is 0 Å². The van der Waals surface area contributed by atoms with Gasteiger partial charge < -0.3 is 5.32 Å². The van der Waals surface area contributed by atoms with E-state index in [0.29, 0.717) is 0 Å². The first-order valence-electron chi connectivity index (χ1n) is 6.25. The Bertz CT molecular complexity index is 563. The van der Waals surface area contributed by atoms with Crippen LogP contribution in [-0.2, 0) is 12.8 Å². The van der Waals surface area contributed by atoms with Crippen LogP contribution in [0.4, 0.5) is 0 Å². The summed E-state index contributed by atoms with van der Waals surface area (Å²) in [6, 6.07) is 16.1. The molecule has 2 rings (SSSR count). The molecule has 0 aliphatic carbocycles. The molecule has 0 spiro atoms. The van der Waals surface area contributed by atoms with Crippen LogP contribution in [0.5, 0.6) is 0 Å². The zero-order valence-electron chi connectivity index (χ0n) is 10.8. The van der Waals surface area contributed by atoms with E-state index in [4.69, 9.17) is 0 Å². The Morgan fingerprint density at radius 1 is 1.05 bits per heavy atom. The highest BCUT2D eigenvalue weighted by Crippen LogP contribution is 2.15. The van der Waals surface area contributed by atoms with Crippen LogP contribution >= 0.6 is 15.9 Å². The molecule has 98 valence electrons. The van der Waals surface area contributed by atoms with Crippen LogP contribution in [0, 0.1) is 0 Å². The van der Waals surface area contributed by atoms with E-state index in [9.17, 15) is 4.79 Å². The zero-order valence-corrected chi connectivity index (χ0v) is 12.4. The predicted octanol–water partition coefficient (Wildman–Crippen LogP) is 3.59. The number of carbonyl (C=O) groups is 1. The minimum Gasteiger partial charge on any atom is -0.355 e. The van der Waals surface area contributed by atoms with E-state index in [2.05, 4.69) is 33.4 Å². The van der Waals surface area contributed by atoms with Crippen molar-refractivity contribution >= 4 is 21.8 Å². The van der Waals surface area contributed by atoms with Crippen molar-refractivity contribution in [2.24, 2.45) is 0 Å². The van der Waals surface area contributed by atoms with E-state index in [0.717, 1.165) is 28.4 Å². The Balaban J connectivity index is 2.11. The number of hydrogen-bond acceptors (Lipinski definition) is 1. The molecule has 0 bridgehead atoms. The van der Waals surface area contributed by atoms with Gasteiger partial charge in [-0.25, -0.2) is 0 Å². The molecular weight excluding hydrogens is 302 g/mol. The molecule has 3 heteroatoms. The smallest absolute Gasteiger partial charge is 0.251 e. The molecule has 19 heavy (non-hydrogen) atoms. The van der Waals surface area contributed by atoms with Gasteiger partial charge in [-0.1, -0.05) is 46.3 Å². The second-order valence-electron chi connectivity index (χ2n) is 4.36. The number of halogens is 1. The monoisotopic (exact) mass is 317 g/mol. The first-order chi connectivity index (χ1) is 9.20. The van der Waals surface area contributed by atoms with Crippen molar-refractivity contribution in [2.45, 2.75) is 12.8 Å². The van der Waals surface area contributed by atoms with Gasteiger partial charge in [0.05, 0.1) is 0 Å². The standard InChI is InChI=1S/C16H16BrNO/c1-18-16(19)15-5-3-2-4-13(15)9-6-12-7-10-14(17)11-8-12/h2-5,7-8,10-11H,6,9H2,1H3,(H,18,19). The van der Waals surface area contributed by atoms with Crippen LogP contribution < -0.4 is 5.32 Å².